The van der Waals surface area contributed by atoms with Crippen LogP contribution in [0.3, 0.4) is 0 Å². The molecule has 0 spiro atoms. The van der Waals surface area contributed by atoms with Crippen LogP contribution >= 0.6 is 12.4 Å². The maximum atomic E-state index is 12.2. The van der Waals surface area contributed by atoms with Crippen LogP contribution in [0.5, 0.6) is 0 Å². The summed E-state index contributed by atoms with van der Waals surface area (Å²) in [6.07, 6.45) is 3.73. The minimum Gasteiger partial charge on any atom is -0.378 e. The molecule has 0 aromatic carbocycles. The Hall–Kier alpha value is -1.64. The Balaban J connectivity index is 0.00000196. The fraction of sp³-hybridized carbons (Fsp3) is 0.706. The molecule has 1 unspecified atom stereocenters. The average Bonchev–Trinajstić information content (AvgIpc) is 2.61. The van der Waals surface area contributed by atoms with E-state index in [1.165, 1.54) is 0 Å². The third-order valence-electron chi connectivity index (χ3n) is 5.22. The zero-order valence-electron chi connectivity index (χ0n) is 14.9. The second-order valence-electron chi connectivity index (χ2n) is 6.98. The molecule has 0 aliphatic carbocycles. The maximum absolute atomic E-state index is 12.2. The second kappa shape index (κ2) is 8.83. The molecular formula is C17H27ClN6O2. The van der Waals surface area contributed by atoms with Crippen LogP contribution in [0.4, 0.5) is 11.6 Å². The Morgan fingerprint density at radius 2 is 1.88 bits per heavy atom. The van der Waals surface area contributed by atoms with E-state index in [1.54, 1.807) is 6.33 Å². The fourth-order valence-corrected chi connectivity index (χ4v) is 3.57. The SMILES string of the molecule is Cl.O=C(NC1CCCN(c2cc(N3CCOCC3)ncn2)C1)C1CNC1. The molecule has 9 heteroatoms. The summed E-state index contributed by atoms with van der Waals surface area (Å²) in [4.78, 5) is 25.6. The molecule has 4 rings (SSSR count). The van der Waals surface area contributed by atoms with E-state index in [4.69, 9.17) is 4.74 Å². The molecule has 3 saturated heterocycles. The van der Waals surface area contributed by atoms with Crippen molar-refractivity contribution in [2.75, 3.05) is 62.3 Å². The number of hydrogen-bond donors (Lipinski definition) is 2. The Labute approximate surface area is 160 Å². The zero-order chi connectivity index (χ0) is 17.1. The summed E-state index contributed by atoms with van der Waals surface area (Å²) in [5, 5.41) is 6.36. The second-order valence-corrected chi connectivity index (χ2v) is 6.98. The number of halogens is 1. The lowest BCUT2D eigenvalue weighted by Crippen LogP contribution is -2.55. The van der Waals surface area contributed by atoms with E-state index in [-0.39, 0.29) is 30.3 Å². The highest BCUT2D eigenvalue weighted by Crippen LogP contribution is 2.22. The molecule has 3 aliphatic rings. The highest BCUT2D eigenvalue weighted by atomic mass is 35.5. The largest absolute Gasteiger partial charge is 0.378 e. The molecule has 26 heavy (non-hydrogen) atoms. The number of aromatic nitrogens is 2. The van der Waals surface area contributed by atoms with Gasteiger partial charge >= 0.3 is 0 Å². The molecule has 1 aromatic heterocycles. The molecule has 0 radical (unpaired) electrons. The molecule has 8 nitrogen and oxygen atoms in total. The van der Waals surface area contributed by atoms with Crippen molar-refractivity contribution in [1.82, 2.24) is 20.6 Å². The molecule has 1 amide bonds. The third-order valence-corrected chi connectivity index (χ3v) is 5.22. The lowest BCUT2D eigenvalue weighted by atomic mass is 10.00. The van der Waals surface area contributed by atoms with Crippen LogP contribution in [0.2, 0.25) is 0 Å². The summed E-state index contributed by atoms with van der Waals surface area (Å²) in [6.45, 7) is 6.60. The van der Waals surface area contributed by atoms with Crippen molar-refractivity contribution in [2.45, 2.75) is 18.9 Å². The first-order valence-corrected chi connectivity index (χ1v) is 9.20. The highest BCUT2D eigenvalue weighted by Gasteiger charge is 2.29. The van der Waals surface area contributed by atoms with E-state index in [9.17, 15) is 4.79 Å². The molecule has 1 atom stereocenters. The number of carbonyl (C=O) groups is 1. The van der Waals surface area contributed by atoms with Crippen molar-refractivity contribution in [1.29, 1.82) is 0 Å². The van der Waals surface area contributed by atoms with Gasteiger partial charge in [0, 0.05) is 51.4 Å². The molecular weight excluding hydrogens is 356 g/mol. The third kappa shape index (κ3) is 4.36. The van der Waals surface area contributed by atoms with Gasteiger partial charge < -0.3 is 25.2 Å². The van der Waals surface area contributed by atoms with Crippen molar-refractivity contribution < 1.29 is 9.53 Å². The smallest absolute Gasteiger partial charge is 0.225 e. The van der Waals surface area contributed by atoms with Gasteiger partial charge in [-0.1, -0.05) is 0 Å². The minimum absolute atomic E-state index is 0. The van der Waals surface area contributed by atoms with Crippen molar-refractivity contribution in [3.8, 4) is 0 Å². The van der Waals surface area contributed by atoms with Crippen molar-refractivity contribution in [3.05, 3.63) is 12.4 Å². The average molecular weight is 383 g/mol. The lowest BCUT2D eigenvalue weighted by molar-refractivity contribution is -0.127. The van der Waals surface area contributed by atoms with Crippen LogP contribution in [0.1, 0.15) is 12.8 Å². The van der Waals surface area contributed by atoms with Gasteiger partial charge in [0.1, 0.15) is 18.0 Å². The number of nitrogens with one attached hydrogen (secondary N) is 2. The van der Waals surface area contributed by atoms with E-state index < -0.39 is 0 Å². The highest BCUT2D eigenvalue weighted by molar-refractivity contribution is 5.85. The molecule has 144 valence electrons. The summed E-state index contributed by atoms with van der Waals surface area (Å²) < 4.78 is 5.41. The van der Waals surface area contributed by atoms with Crippen LogP contribution in [-0.2, 0) is 9.53 Å². The first kappa shape index (κ1) is 19.1. The predicted molar refractivity (Wildman–Crippen MR) is 102 cm³/mol. The Bertz CT molecular complexity index is 609. The molecule has 3 fully saturated rings. The van der Waals surface area contributed by atoms with Gasteiger partial charge in [0.15, 0.2) is 0 Å². The summed E-state index contributed by atoms with van der Waals surface area (Å²) in [7, 11) is 0. The topological polar surface area (TPSA) is 82.6 Å². The number of hydrogen-bond acceptors (Lipinski definition) is 7. The molecule has 1 aromatic rings. The number of nitrogens with zero attached hydrogens (tertiary/aromatic N) is 4. The number of rotatable bonds is 4. The first-order valence-electron chi connectivity index (χ1n) is 9.20. The monoisotopic (exact) mass is 382 g/mol. The predicted octanol–water partition coefficient (Wildman–Crippen LogP) is 0.0394. The number of anilines is 2. The van der Waals surface area contributed by atoms with Gasteiger partial charge in [-0.15, -0.1) is 12.4 Å². The Kier molecular flexibility index (Phi) is 6.50. The fourth-order valence-electron chi connectivity index (χ4n) is 3.57. The molecule has 0 saturated carbocycles. The van der Waals surface area contributed by atoms with Crippen molar-refractivity contribution in [3.63, 3.8) is 0 Å². The number of piperidine rings is 1. The van der Waals surface area contributed by atoms with E-state index in [0.717, 1.165) is 77.0 Å². The normalized spacial score (nSPS) is 23.8. The van der Waals surface area contributed by atoms with Crippen LogP contribution in [0, 0.1) is 5.92 Å². The van der Waals surface area contributed by atoms with Crippen LogP contribution in [0.15, 0.2) is 12.4 Å². The van der Waals surface area contributed by atoms with Gasteiger partial charge in [-0.2, -0.15) is 0 Å². The molecule has 0 bridgehead atoms. The van der Waals surface area contributed by atoms with Gasteiger partial charge in [0.2, 0.25) is 5.91 Å². The van der Waals surface area contributed by atoms with E-state index in [1.807, 2.05) is 0 Å². The zero-order valence-corrected chi connectivity index (χ0v) is 15.7. The van der Waals surface area contributed by atoms with E-state index >= 15 is 0 Å². The number of carbonyl (C=O) groups excluding carboxylic acids is 1. The van der Waals surface area contributed by atoms with Gasteiger partial charge in [-0.05, 0) is 12.8 Å². The standard InChI is InChI=1S/C17H26N6O2.ClH/c24-17(13-9-18-10-13)21-14-2-1-3-23(11-14)16-8-15(19-12-20-16)22-4-6-25-7-5-22;/h8,12-14,18H,1-7,9-11H2,(H,21,24);1H. The van der Waals surface area contributed by atoms with Gasteiger partial charge in [-0.25, -0.2) is 9.97 Å². The number of morpholine rings is 1. The summed E-state index contributed by atoms with van der Waals surface area (Å²) in [6, 6.07) is 2.26. The molecule has 3 aliphatic heterocycles. The van der Waals surface area contributed by atoms with Crippen LogP contribution < -0.4 is 20.4 Å². The minimum atomic E-state index is 0. The van der Waals surface area contributed by atoms with Crippen molar-refractivity contribution >= 4 is 29.9 Å². The lowest BCUT2D eigenvalue weighted by Gasteiger charge is -2.36. The van der Waals surface area contributed by atoms with E-state index in [2.05, 4.69) is 36.5 Å². The molecule has 4 heterocycles. The summed E-state index contributed by atoms with van der Waals surface area (Å²) >= 11 is 0. The Morgan fingerprint density at radius 1 is 1.15 bits per heavy atom. The first-order chi connectivity index (χ1) is 12.3. The summed E-state index contributed by atoms with van der Waals surface area (Å²) in [5.74, 6) is 2.23. The van der Waals surface area contributed by atoms with Crippen LogP contribution in [-0.4, -0.2) is 74.4 Å². The maximum Gasteiger partial charge on any atom is 0.225 e. The van der Waals surface area contributed by atoms with Crippen molar-refractivity contribution in [2.24, 2.45) is 5.92 Å². The Morgan fingerprint density at radius 3 is 2.58 bits per heavy atom. The number of ether oxygens (including phenoxy) is 1. The van der Waals surface area contributed by atoms with Gasteiger partial charge in [-0.3, -0.25) is 4.79 Å². The molecule has 2 N–H and O–H groups in total. The van der Waals surface area contributed by atoms with Gasteiger partial charge in [0.05, 0.1) is 19.1 Å². The van der Waals surface area contributed by atoms with E-state index in [0.29, 0.717) is 0 Å². The summed E-state index contributed by atoms with van der Waals surface area (Å²) in [5.41, 5.74) is 0. The quantitative estimate of drug-likeness (QED) is 0.760. The number of amides is 1. The van der Waals surface area contributed by atoms with Crippen LogP contribution in [0.25, 0.3) is 0 Å². The van der Waals surface area contributed by atoms with Gasteiger partial charge in [0.25, 0.3) is 0 Å².